The van der Waals surface area contributed by atoms with Gasteiger partial charge in [-0.2, -0.15) is 5.06 Å². The Morgan fingerprint density at radius 3 is 2.24 bits per heavy atom. The molecule has 1 aliphatic rings. The van der Waals surface area contributed by atoms with Gasteiger partial charge in [-0.05, 0) is 24.2 Å². The lowest BCUT2D eigenvalue weighted by Gasteiger charge is -2.44. The second-order valence-corrected chi connectivity index (χ2v) is 19.8. The molecule has 0 spiro atoms. The molecule has 3 atom stereocenters. The molecule has 0 aromatic carbocycles. The molecule has 0 aromatic rings. The third-order valence-corrected chi connectivity index (χ3v) is 10.9. The number of hydrogen-bond donors (Lipinski definition) is 2. The topological polar surface area (TPSA) is 88.5 Å². The van der Waals surface area contributed by atoms with Gasteiger partial charge in [0.25, 0.3) is 0 Å². The van der Waals surface area contributed by atoms with Crippen molar-refractivity contribution in [3.05, 3.63) is 0 Å². The summed E-state index contributed by atoms with van der Waals surface area (Å²) in [6, 6.07) is 0.849. The molecule has 0 radical (unpaired) electrons. The number of carbonyl (C=O) groups is 1. The number of rotatable bonds is 5. The third kappa shape index (κ3) is 6.65. The molecule has 1 fully saturated rings. The quantitative estimate of drug-likeness (QED) is 0.698. The summed E-state index contributed by atoms with van der Waals surface area (Å²) < 4.78 is 11.3. The number of nitrogens with zero attached hydrogens (tertiary/aromatic N) is 1. The molecule has 148 valence electrons. The van der Waals surface area contributed by atoms with Crippen LogP contribution in [0.15, 0.2) is 0 Å². The Kier molecular flexibility index (Phi) is 7.28. The first-order chi connectivity index (χ1) is 11.1. The van der Waals surface area contributed by atoms with E-state index in [2.05, 4.69) is 40.4 Å². The van der Waals surface area contributed by atoms with Crippen LogP contribution in [0.25, 0.3) is 0 Å². The molecule has 9 heteroatoms. The van der Waals surface area contributed by atoms with E-state index in [4.69, 9.17) is 14.0 Å². The summed E-state index contributed by atoms with van der Waals surface area (Å²) in [5.74, 6) is 0. The number of ether oxygens (including phenoxy) is 1. The van der Waals surface area contributed by atoms with Crippen LogP contribution in [-0.4, -0.2) is 69.4 Å². The van der Waals surface area contributed by atoms with E-state index in [0.717, 1.165) is 11.1 Å². The van der Waals surface area contributed by atoms with Crippen LogP contribution in [-0.2, 0) is 14.0 Å². The van der Waals surface area contributed by atoms with Gasteiger partial charge in [0.1, 0.15) is 12.2 Å². The molecule has 2 N–H and O–H groups in total. The van der Waals surface area contributed by atoms with Gasteiger partial charge in [-0.3, -0.25) is 0 Å². The Balaban J connectivity index is 2.71. The van der Waals surface area contributed by atoms with Crippen LogP contribution in [0.3, 0.4) is 0 Å². The smallest absolute Gasteiger partial charge is 0.434 e. The second kappa shape index (κ2) is 8.05. The Hall–Kier alpha value is -0.456. The summed E-state index contributed by atoms with van der Waals surface area (Å²) in [5, 5.41) is 21.1. The summed E-state index contributed by atoms with van der Waals surface area (Å²) in [6.07, 6.45) is -4.10. The Morgan fingerprint density at radius 2 is 1.76 bits per heavy atom. The fourth-order valence-corrected chi connectivity index (χ4v) is 3.71. The first-order valence-corrected chi connectivity index (χ1v) is 15.4. The zero-order chi connectivity index (χ0) is 19.6. The van der Waals surface area contributed by atoms with Gasteiger partial charge in [-0.15, -0.1) is 0 Å². The van der Waals surface area contributed by atoms with Gasteiger partial charge in [0.2, 0.25) is 6.29 Å². The number of amides is 1. The van der Waals surface area contributed by atoms with Crippen LogP contribution in [0.5, 0.6) is 0 Å². The van der Waals surface area contributed by atoms with Gasteiger partial charge in [-0.1, -0.05) is 40.4 Å². The highest BCUT2D eigenvalue weighted by atomic mass is 28.4. The summed E-state index contributed by atoms with van der Waals surface area (Å²) >= 11 is 0. The monoisotopic (exact) mass is 393 g/mol. The maximum absolute atomic E-state index is 12.2. The van der Waals surface area contributed by atoms with Crippen molar-refractivity contribution >= 4 is 22.5 Å². The molecule has 7 nitrogen and oxygen atoms in total. The molecule has 1 heterocycles. The summed E-state index contributed by atoms with van der Waals surface area (Å²) in [5.41, 5.74) is 0. The van der Waals surface area contributed by atoms with Gasteiger partial charge in [0, 0.05) is 8.07 Å². The Bertz CT molecular complexity index is 461. The SMILES string of the molecule is CC(C)(C)[Si](C)(C)O[C@H]1ON(C(=O)OCC[Si](C)(C)C)C[C@H](O)[C@@H]1O. The number of carbonyl (C=O) groups excluding carboxylic acids is 1. The minimum absolute atomic E-state index is 0.0961. The van der Waals surface area contributed by atoms with E-state index in [-0.39, 0.29) is 11.6 Å². The zero-order valence-electron chi connectivity index (χ0n) is 16.8. The van der Waals surface area contributed by atoms with Gasteiger partial charge >= 0.3 is 6.09 Å². The van der Waals surface area contributed by atoms with Crippen molar-refractivity contribution in [2.24, 2.45) is 0 Å². The number of β-amino-alcohol motifs (C(OH)–C–C–N with tert-alkyl or cyclic N) is 1. The summed E-state index contributed by atoms with van der Waals surface area (Å²) in [6.45, 7) is 17.0. The molecule has 0 aromatic heterocycles. The van der Waals surface area contributed by atoms with E-state index in [1.54, 1.807) is 0 Å². The minimum Gasteiger partial charge on any atom is -0.448 e. The average Bonchev–Trinajstić information content (AvgIpc) is 2.40. The van der Waals surface area contributed by atoms with Crippen LogP contribution in [0, 0.1) is 0 Å². The van der Waals surface area contributed by atoms with Crippen LogP contribution in [0.1, 0.15) is 20.8 Å². The van der Waals surface area contributed by atoms with E-state index in [0.29, 0.717) is 6.61 Å². The summed E-state index contributed by atoms with van der Waals surface area (Å²) in [4.78, 5) is 17.7. The fraction of sp³-hybridized carbons (Fsp3) is 0.938. The third-order valence-electron chi connectivity index (χ3n) is 4.76. The Morgan fingerprint density at radius 1 is 1.20 bits per heavy atom. The fourth-order valence-electron chi connectivity index (χ4n) is 1.88. The number of aliphatic hydroxyl groups is 2. The first kappa shape index (κ1) is 22.6. The molecule has 1 rings (SSSR count). The van der Waals surface area contributed by atoms with Crippen molar-refractivity contribution in [1.29, 1.82) is 0 Å². The number of hydrogen-bond acceptors (Lipinski definition) is 6. The van der Waals surface area contributed by atoms with E-state index in [9.17, 15) is 15.0 Å². The minimum atomic E-state index is -2.25. The van der Waals surface area contributed by atoms with Gasteiger partial charge in [-0.25, -0.2) is 9.63 Å². The highest BCUT2D eigenvalue weighted by molar-refractivity contribution is 6.76. The molecule has 25 heavy (non-hydrogen) atoms. The van der Waals surface area contributed by atoms with E-state index in [1.165, 1.54) is 0 Å². The highest BCUT2D eigenvalue weighted by Gasteiger charge is 2.46. The predicted molar refractivity (Wildman–Crippen MR) is 101 cm³/mol. The maximum atomic E-state index is 12.2. The molecule has 1 amide bonds. The van der Waals surface area contributed by atoms with Gasteiger partial charge < -0.3 is 19.4 Å². The number of hydroxylamine groups is 2. The lowest BCUT2D eigenvalue weighted by atomic mass is 10.2. The molecule has 1 aliphatic heterocycles. The van der Waals surface area contributed by atoms with Gasteiger partial charge in [0.15, 0.2) is 8.32 Å². The van der Waals surface area contributed by atoms with E-state index >= 15 is 0 Å². The summed E-state index contributed by atoms with van der Waals surface area (Å²) in [7, 11) is -3.56. The molecular formula is C16H35NO6Si2. The van der Waals surface area contributed by atoms with Crippen molar-refractivity contribution in [3.8, 4) is 0 Å². The van der Waals surface area contributed by atoms with Crippen molar-refractivity contribution in [2.45, 2.75) is 83.1 Å². The Labute approximate surface area is 153 Å². The van der Waals surface area contributed by atoms with Crippen LogP contribution in [0.2, 0.25) is 43.8 Å². The van der Waals surface area contributed by atoms with Crippen molar-refractivity contribution in [3.63, 3.8) is 0 Å². The van der Waals surface area contributed by atoms with Crippen LogP contribution in [0.4, 0.5) is 4.79 Å². The molecule has 1 saturated heterocycles. The number of aliphatic hydroxyl groups excluding tert-OH is 2. The predicted octanol–water partition coefficient (Wildman–Crippen LogP) is 2.78. The van der Waals surface area contributed by atoms with Crippen molar-refractivity contribution < 1.29 is 29.0 Å². The van der Waals surface area contributed by atoms with Crippen molar-refractivity contribution in [2.75, 3.05) is 13.2 Å². The van der Waals surface area contributed by atoms with E-state index in [1.807, 2.05) is 13.1 Å². The normalized spacial score (nSPS) is 25.8. The highest BCUT2D eigenvalue weighted by Crippen LogP contribution is 2.38. The lowest BCUT2D eigenvalue weighted by molar-refractivity contribution is -0.315. The second-order valence-electron chi connectivity index (χ2n) is 9.40. The van der Waals surface area contributed by atoms with Gasteiger partial charge in [0.05, 0.1) is 13.2 Å². The van der Waals surface area contributed by atoms with Crippen LogP contribution < -0.4 is 0 Å². The van der Waals surface area contributed by atoms with E-state index < -0.39 is 41.0 Å². The van der Waals surface area contributed by atoms with Crippen molar-refractivity contribution in [1.82, 2.24) is 5.06 Å². The molecular weight excluding hydrogens is 358 g/mol. The molecule has 0 unspecified atom stereocenters. The molecule has 0 aliphatic carbocycles. The average molecular weight is 394 g/mol. The zero-order valence-corrected chi connectivity index (χ0v) is 18.8. The van der Waals surface area contributed by atoms with Crippen LogP contribution >= 0.6 is 0 Å². The largest absolute Gasteiger partial charge is 0.448 e. The molecule has 0 bridgehead atoms. The maximum Gasteiger partial charge on any atom is 0.434 e. The standard InChI is InChI=1S/C16H35NO6Si2/c1-16(2,3)25(7,8)23-14-13(19)12(18)11-17(22-14)15(20)21-9-10-24(4,5)6/h12-14,18-19H,9-11H2,1-8H3/t12-,13-,14+/m0/s1. The molecule has 0 saturated carbocycles. The first-order valence-electron chi connectivity index (χ1n) is 8.79. The lowest BCUT2D eigenvalue weighted by Crippen LogP contribution is -2.59.